The number of hydrogen-bond acceptors (Lipinski definition) is 9. The van der Waals surface area contributed by atoms with E-state index in [1.165, 1.54) is 6.07 Å². The van der Waals surface area contributed by atoms with Crippen molar-refractivity contribution in [2.45, 2.75) is 48.4 Å². The van der Waals surface area contributed by atoms with Crippen molar-refractivity contribution in [3.63, 3.8) is 0 Å². The van der Waals surface area contributed by atoms with Crippen LogP contribution < -0.4 is 10.2 Å². The van der Waals surface area contributed by atoms with Gasteiger partial charge in [-0.15, -0.1) is 11.3 Å². The molecule has 0 unspecified atom stereocenters. The van der Waals surface area contributed by atoms with E-state index in [0.717, 1.165) is 66.9 Å². The second-order valence-corrected chi connectivity index (χ2v) is 14.5. The first-order valence-corrected chi connectivity index (χ1v) is 16.2. The number of morpholine rings is 1. The SMILES string of the molecule is CN1CCS(=O)(=O)c2cc(-c3nc(Nc4ccc(N5C[C@H]6C[C@@H]5CO6)cc4C4CC4)ncc3C(F)(F)F)sc2C1=S. The summed E-state index contributed by atoms with van der Waals surface area (Å²) >= 11 is 6.37. The predicted octanol–water partition coefficient (Wildman–Crippen LogP) is 5.22. The summed E-state index contributed by atoms with van der Waals surface area (Å²) in [4.78, 5) is 12.9. The highest BCUT2D eigenvalue weighted by Crippen LogP contribution is 2.47. The van der Waals surface area contributed by atoms with Gasteiger partial charge >= 0.3 is 6.18 Å². The lowest BCUT2D eigenvalue weighted by Gasteiger charge is -2.29. The molecular weight excluding hydrogens is 596 g/mol. The zero-order valence-corrected chi connectivity index (χ0v) is 24.4. The molecule has 0 spiro atoms. The number of rotatable bonds is 5. The van der Waals surface area contributed by atoms with E-state index in [0.29, 0.717) is 12.0 Å². The molecule has 1 aromatic carbocycles. The van der Waals surface area contributed by atoms with Crippen molar-refractivity contribution in [3.05, 3.63) is 46.5 Å². The van der Waals surface area contributed by atoms with Crippen LogP contribution in [0.1, 0.15) is 41.2 Å². The predicted molar refractivity (Wildman–Crippen MR) is 154 cm³/mol. The van der Waals surface area contributed by atoms with Gasteiger partial charge in [-0.25, -0.2) is 18.4 Å². The standard InChI is InChI=1S/C27H26F3N5O3S3/c1-34-6-7-41(36,37)22-10-21(40-24(22)25(34)39)23-19(27(28,29)30)11-31-26(33-23)32-20-5-4-15(9-18(20)14-2-3-14)35-12-17-8-16(35)13-38-17/h4-5,9-11,14,16-17H,2-3,6-8,12-13H2,1H3,(H,31,32,33)/t16-,17-/m1/s1. The summed E-state index contributed by atoms with van der Waals surface area (Å²) in [6.07, 6.45) is -0.633. The Morgan fingerprint density at radius 1 is 1.22 bits per heavy atom. The third-order valence-corrected chi connectivity index (χ3v) is 11.8. The second-order valence-electron chi connectivity index (χ2n) is 11.0. The van der Waals surface area contributed by atoms with Crippen LogP contribution in [0.3, 0.4) is 0 Å². The van der Waals surface area contributed by atoms with Gasteiger partial charge in [0, 0.05) is 37.7 Å². The Morgan fingerprint density at radius 3 is 2.71 bits per heavy atom. The smallest absolute Gasteiger partial charge is 0.374 e. The number of thiophene rings is 1. The van der Waals surface area contributed by atoms with Crippen LogP contribution in [0.25, 0.3) is 10.6 Å². The van der Waals surface area contributed by atoms with Gasteiger partial charge in [0.25, 0.3) is 0 Å². The third kappa shape index (κ3) is 4.88. The average molecular weight is 622 g/mol. The number of halogens is 3. The molecule has 3 fully saturated rings. The van der Waals surface area contributed by atoms with E-state index in [4.69, 9.17) is 17.0 Å². The van der Waals surface area contributed by atoms with Gasteiger partial charge in [-0.05, 0) is 55.0 Å². The Labute approximate surface area is 244 Å². The number of thiocarbonyl (C=S) groups is 1. The molecule has 41 heavy (non-hydrogen) atoms. The van der Waals surface area contributed by atoms with E-state index in [1.807, 2.05) is 12.1 Å². The van der Waals surface area contributed by atoms with Crippen LogP contribution in [0, 0.1) is 0 Å². The first-order chi connectivity index (χ1) is 19.5. The number of anilines is 3. The second kappa shape index (κ2) is 9.61. The summed E-state index contributed by atoms with van der Waals surface area (Å²) in [5.41, 5.74) is 1.52. The van der Waals surface area contributed by atoms with Gasteiger partial charge < -0.3 is 19.9 Å². The lowest BCUT2D eigenvalue weighted by atomic mass is 10.1. The van der Waals surface area contributed by atoms with Crippen molar-refractivity contribution in [1.29, 1.82) is 0 Å². The quantitative estimate of drug-likeness (QED) is 0.386. The molecule has 0 radical (unpaired) electrons. The molecule has 1 N–H and O–H groups in total. The summed E-state index contributed by atoms with van der Waals surface area (Å²) < 4.78 is 73.9. The van der Waals surface area contributed by atoms with Gasteiger partial charge in [-0.3, -0.25) is 0 Å². The summed E-state index contributed by atoms with van der Waals surface area (Å²) in [6, 6.07) is 7.73. The fourth-order valence-electron chi connectivity index (χ4n) is 5.76. The monoisotopic (exact) mass is 621 g/mol. The molecule has 3 aromatic rings. The molecule has 2 bridgehead atoms. The van der Waals surface area contributed by atoms with Gasteiger partial charge in [0.2, 0.25) is 5.95 Å². The van der Waals surface area contributed by atoms with Gasteiger partial charge in [0.05, 0.1) is 44.8 Å². The first kappa shape index (κ1) is 27.0. The Bertz CT molecular complexity index is 1670. The van der Waals surface area contributed by atoms with E-state index < -0.39 is 21.6 Å². The number of sulfone groups is 1. The Kier molecular flexibility index (Phi) is 6.34. The first-order valence-electron chi connectivity index (χ1n) is 13.3. The number of fused-ring (bicyclic) bond motifs is 3. The van der Waals surface area contributed by atoms with E-state index in [-0.39, 0.29) is 49.7 Å². The van der Waals surface area contributed by atoms with Crippen LogP contribution in [0.15, 0.2) is 35.4 Å². The number of nitrogens with zero attached hydrogens (tertiary/aromatic N) is 4. The number of hydrogen-bond donors (Lipinski definition) is 1. The number of ether oxygens (including phenoxy) is 1. The molecule has 3 aliphatic heterocycles. The molecule has 2 saturated heterocycles. The Morgan fingerprint density at radius 2 is 2.02 bits per heavy atom. The van der Waals surface area contributed by atoms with Crippen molar-refractivity contribution >= 4 is 55.7 Å². The van der Waals surface area contributed by atoms with Gasteiger partial charge in [0.1, 0.15) is 10.6 Å². The minimum atomic E-state index is -4.74. The molecule has 1 aliphatic carbocycles. The van der Waals surface area contributed by atoms with Crippen LogP contribution in [-0.2, 0) is 20.8 Å². The molecule has 2 aromatic heterocycles. The molecule has 8 nitrogen and oxygen atoms in total. The minimum Gasteiger partial charge on any atom is -0.374 e. The summed E-state index contributed by atoms with van der Waals surface area (Å²) in [5.74, 6) is 0.183. The van der Waals surface area contributed by atoms with E-state index in [1.54, 1.807) is 11.9 Å². The van der Waals surface area contributed by atoms with Crippen molar-refractivity contribution < 1.29 is 26.3 Å². The summed E-state index contributed by atoms with van der Waals surface area (Å²) in [6.45, 7) is 1.79. The molecule has 2 atom stereocenters. The van der Waals surface area contributed by atoms with Crippen molar-refractivity contribution in [1.82, 2.24) is 14.9 Å². The number of nitrogens with one attached hydrogen (secondary N) is 1. The fourth-order valence-corrected chi connectivity index (χ4v) is 9.20. The maximum Gasteiger partial charge on any atom is 0.420 e. The molecule has 4 aliphatic rings. The molecule has 216 valence electrons. The van der Waals surface area contributed by atoms with Crippen molar-refractivity contribution in [2.24, 2.45) is 0 Å². The zero-order valence-electron chi connectivity index (χ0n) is 21.9. The third-order valence-electron chi connectivity index (χ3n) is 8.13. The number of alkyl halides is 3. The van der Waals surface area contributed by atoms with Crippen LogP contribution in [0.2, 0.25) is 0 Å². The van der Waals surface area contributed by atoms with Crippen molar-refractivity contribution in [2.75, 3.05) is 42.7 Å². The highest BCUT2D eigenvalue weighted by Gasteiger charge is 2.40. The summed E-state index contributed by atoms with van der Waals surface area (Å²) in [7, 11) is -2.06. The minimum absolute atomic E-state index is 0.00225. The Hall–Kier alpha value is -2.81. The number of benzene rings is 1. The highest BCUT2D eigenvalue weighted by molar-refractivity contribution is 7.92. The molecule has 1 saturated carbocycles. The maximum absolute atomic E-state index is 14.1. The number of aromatic nitrogens is 2. The average Bonchev–Trinajstić information content (AvgIpc) is 3.34. The van der Waals surface area contributed by atoms with Crippen LogP contribution >= 0.6 is 23.6 Å². The van der Waals surface area contributed by atoms with Crippen LogP contribution in [0.4, 0.5) is 30.5 Å². The van der Waals surface area contributed by atoms with Gasteiger partial charge in [-0.2, -0.15) is 13.2 Å². The van der Waals surface area contributed by atoms with Crippen molar-refractivity contribution in [3.8, 4) is 10.6 Å². The van der Waals surface area contributed by atoms with Crippen LogP contribution in [-0.4, -0.2) is 72.9 Å². The van der Waals surface area contributed by atoms with Gasteiger partial charge in [0.15, 0.2) is 9.84 Å². The fraction of sp³-hybridized carbons (Fsp3) is 0.444. The van der Waals surface area contributed by atoms with Crippen LogP contribution in [0.5, 0.6) is 0 Å². The molecule has 14 heteroatoms. The van der Waals surface area contributed by atoms with E-state index in [2.05, 4.69) is 26.3 Å². The lowest BCUT2D eigenvalue weighted by molar-refractivity contribution is -0.137. The van der Waals surface area contributed by atoms with Gasteiger partial charge in [-0.1, -0.05) is 12.2 Å². The molecule has 7 rings (SSSR count). The largest absolute Gasteiger partial charge is 0.420 e. The highest BCUT2D eigenvalue weighted by atomic mass is 32.2. The lowest BCUT2D eigenvalue weighted by Crippen LogP contribution is -2.36. The maximum atomic E-state index is 14.1. The molecular formula is C27H26F3N5O3S3. The van der Waals surface area contributed by atoms with E-state index >= 15 is 0 Å². The summed E-state index contributed by atoms with van der Waals surface area (Å²) in [5, 5.41) is 3.16. The van der Waals surface area contributed by atoms with E-state index in [9.17, 15) is 21.6 Å². The Balaban J connectivity index is 1.27. The zero-order chi connectivity index (χ0) is 28.7. The normalized spacial score (nSPS) is 23.6. The molecule has 5 heterocycles. The molecule has 0 amide bonds. The topological polar surface area (TPSA) is 87.7 Å².